The molecule has 0 aliphatic heterocycles. The second-order valence-electron chi connectivity index (χ2n) is 4.22. The fourth-order valence-electron chi connectivity index (χ4n) is 1.67. The molecule has 0 aliphatic rings. The predicted molar refractivity (Wildman–Crippen MR) is 72.4 cm³/mol. The van der Waals surface area contributed by atoms with E-state index < -0.39 is 17.3 Å². The van der Waals surface area contributed by atoms with Gasteiger partial charge in [0.05, 0.1) is 23.1 Å². The van der Waals surface area contributed by atoms with Gasteiger partial charge in [0.15, 0.2) is 0 Å². The molecule has 0 amide bonds. The van der Waals surface area contributed by atoms with E-state index in [0.717, 1.165) is 21.8 Å². The SMILES string of the molecule is CN(N)c1cnn(-c2cccc(C(F)(F)F)c2)c(=O)c1Cl. The largest absolute Gasteiger partial charge is 0.416 e. The van der Waals surface area contributed by atoms with Gasteiger partial charge in [-0.2, -0.15) is 23.0 Å². The molecule has 1 aromatic heterocycles. The Balaban J connectivity index is 2.59. The van der Waals surface area contributed by atoms with Crippen molar-refractivity contribution in [3.63, 3.8) is 0 Å². The van der Waals surface area contributed by atoms with Crippen molar-refractivity contribution in [1.29, 1.82) is 0 Å². The van der Waals surface area contributed by atoms with Crippen LogP contribution in [0.5, 0.6) is 0 Å². The van der Waals surface area contributed by atoms with Crippen LogP contribution in [0.4, 0.5) is 18.9 Å². The summed E-state index contributed by atoms with van der Waals surface area (Å²) in [6, 6.07) is 4.23. The summed E-state index contributed by atoms with van der Waals surface area (Å²) < 4.78 is 38.8. The Hall–Kier alpha value is -2.06. The van der Waals surface area contributed by atoms with Crippen LogP contribution in [0.2, 0.25) is 5.02 Å². The molecule has 5 nitrogen and oxygen atoms in total. The van der Waals surface area contributed by atoms with Crippen molar-refractivity contribution < 1.29 is 13.2 Å². The van der Waals surface area contributed by atoms with Gasteiger partial charge in [-0.3, -0.25) is 4.79 Å². The molecule has 0 saturated carbocycles. The molecule has 9 heteroatoms. The highest BCUT2D eigenvalue weighted by atomic mass is 35.5. The average molecular weight is 319 g/mol. The van der Waals surface area contributed by atoms with E-state index in [9.17, 15) is 18.0 Å². The summed E-state index contributed by atoms with van der Waals surface area (Å²) in [6.07, 6.45) is -3.31. The summed E-state index contributed by atoms with van der Waals surface area (Å²) in [5.41, 5.74) is -1.51. The van der Waals surface area contributed by atoms with Crippen LogP contribution < -0.4 is 16.4 Å². The van der Waals surface area contributed by atoms with E-state index in [1.165, 1.54) is 25.4 Å². The second kappa shape index (κ2) is 5.38. The van der Waals surface area contributed by atoms with Gasteiger partial charge in [-0.15, -0.1) is 0 Å². The molecular formula is C12H10ClF3N4O. The first-order valence-electron chi connectivity index (χ1n) is 5.65. The topological polar surface area (TPSA) is 64.2 Å². The Morgan fingerprint density at radius 2 is 2.05 bits per heavy atom. The quantitative estimate of drug-likeness (QED) is 0.681. The summed E-state index contributed by atoms with van der Waals surface area (Å²) in [7, 11) is 1.46. The van der Waals surface area contributed by atoms with Crippen molar-refractivity contribution in [3.05, 3.63) is 51.4 Å². The number of hydrogen-bond acceptors (Lipinski definition) is 4. The van der Waals surface area contributed by atoms with Crippen LogP contribution in [0.15, 0.2) is 35.3 Å². The van der Waals surface area contributed by atoms with E-state index in [1.807, 2.05) is 0 Å². The highest BCUT2D eigenvalue weighted by Gasteiger charge is 2.30. The number of nitrogens with zero attached hydrogens (tertiary/aromatic N) is 3. The van der Waals surface area contributed by atoms with Crippen molar-refractivity contribution in [2.24, 2.45) is 5.84 Å². The van der Waals surface area contributed by atoms with Gasteiger partial charge in [0.1, 0.15) is 5.02 Å². The second-order valence-corrected chi connectivity index (χ2v) is 4.60. The number of nitrogens with two attached hydrogens (primary N) is 1. The van der Waals surface area contributed by atoms with Crippen LogP contribution in [0.1, 0.15) is 5.56 Å². The van der Waals surface area contributed by atoms with Gasteiger partial charge >= 0.3 is 6.18 Å². The van der Waals surface area contributed by atoms with Gasteiger partial charge in [-0.25, -0.2) is 5.84 Å². The number of aromatic nitrogens is 2. The first kappa shape index (κ1) is 15.3. The minimum Gasteiger partial charge on any atom is -0.311 e. The van der Waals surface area contributed by atoms with E-state index in [0.29, 0.717) is 0 Å². The highest BCUT2D eigenvalue weighted by molar-refractivity contribution is 6.33. The molecule has 21 heavy (non-hydrogen) atoms. The van der Waals surface area contributed by atoms with Gasteiger partial charge in [-0.1, -0.05) is 17.7 Å². The summed E-state index contributed by atoms with van der Waals surface area (Å²) >= 11 is 5.86. The molecule has 0 radical (unpaired) electrons. The molecule has 1 aromatic carbocycles. The molecular weight excluding hydrogens is 309 g/mol. The Labute approximate surface area is 122 Å². The average Bonchev–Trinajstić information content (AvgIpc) is 2.40. The normalized spacial score (nSPS) is 11.5. The molecule has 0 bridgehead atoms. The van der Waals surface area contributed by atoms with Crippen LogP contribution in [0.25, 0.3) is 5.69 Å². The first-order chi connectivity index (χ1) is 9.71. The van der Waals surface area contributed by atoms with Crippen LogP contribution >= 0.6 is 11.6 Å². The summed E-state index contributed by atoms with van der Waals surface area (Å²) in [4.78, 5) is 12.1. The van der Waals surface area contributed by atoms with Crippen molar-refractivity contribution in [2.75, 3.05) is 12.1 Å². The van der Waals surface area contributed by atoms with Crippen molar-refractivity contribution >= 4 is 17.3 Å². The Bertz CT molecular complexity index is 727. The molecule has 2 rings (SSSR count). The van der Waals surface area contributed by atoms with Gasteiger partial charge < -0.3 is 5.01 Å². The Morgan fingerprint density at radius 1 is 1.38 bits per heavy atom. The third kappa shape index (κ3) is 3.01. The van der Waals surface area contributed by atoms with Gasteiger partial charge in [0.2, 0.25) is 0 Å². The first-order valence-corrected chi connectivity index (χ1v) is 6.03. The summed E-state index contributed by atoms with van der Waals surface area (Å²) in [5, 5.41) is 4.65. The maximum absolute atomic E-state index is 12.7. The maximum atomic E-state index is 12.7. The Kier molecular flexibility index (Phi) is 3.93. The summed E-state index contributed by atoms with van der Waals surface area (Å²) in [5.74, 6) is 5.47. The van der Waals surface area contributed by atoms with Crippen molar-refractivity contribution in [2.45, 2.75) is 6.18 Å². The zero-order chi connectivity index (χ0) is 15.8. The molecule has 1 heterocycles. The van der Waals surface area contributed by atoms with E-state index in [4.69, 9.17) is 17.4 Å². The van der Waals surface area contributed by atoms with E-state index in [1.54, 1.807) is 0 Å². The smallest absolute Gasteiger partial charge is 0.311 e. The third-order valence-corrected chi connectivity index (χ3v) is 3.05. The van der Waals surface area contributed by atoms with Crippen LogP contribution in [-0.2, 0) is 6.18 Å². The number of rotatable bonds is 2. The molecule has 0 atom stereocenters. The lowest BCUT2D eigenvalue weighted by molar-refractivity contribution is -0.137. The number of hydrogen-bond donors (Lipinski definition) is 1. The number of alkyl halides is 3. The van der Waals surface area contributed by atoms with E-state index >= 15 is 0 Å². The standard InChI is InChI=1S/C12H10ClF3N4O/c1-19(17)9-6-18-20(11(21)10(9)13)8-4-2-3-7(5-8)12(14,15)16/h2-6H,17H2,1H3. The van der Waals surface area contributed by atoms with Crippen LogP contribution in [-0.4, -0.2) is 16.8 Å². The Morgan fingerprint density at radius 3 is 2.62 bits per heavy atom. The predicted octanol–water partition coefficient (Wildman–Crippen LogP) is 2.21. The summed E-state index contributed by atoms with van der Waals surface area (Å²) in [6.45, 7) is 0. The third-order valence-electron chi connectivity index (χ3n) is 2.70. The molecule has 0 fully saturated rings. The number of halogens is 4. The minimum absolute atomic E-state index is 0.0389. The van der Waals surface area contributed by atoms with E-state index in [-0.39, 0.29) is 16.4 Å². The molecule has 0 saturated heterocycles. The van der Waals surface area contributed by atoms with Crippen LogP contribution in [0.3, 0.4) is 0 Å². The van der Waals surface area contributed by atoms with Gasteiger partial charge in [0, 0.05) is 7.05 Å². The number of benzene rings is 1. The fraction of sp³-hybridized carbons (Fsp3) is 0.167. The lowest BCUT2D eigenvalue weighted by atomic mass is 10.2. The monoisotopic (exact) mass is 318 g/mol. The minimum atomic E-state index is -4.51. The van der Waals surface area contributed by atoms with Crippen molar-refractivity contribution in [3.8, 4) is 5.69 Å². The van der Waals surface area contributed by atoms with Gasteiger partial charge in [-0.05, 0) is 18.2 Å². The molecule has 2 N–H and O–H groups in total. The zero-order valence-electron chi connectivity index (χ0n) is 10.7. The molecule has 2 aromatic rings. The molecule has 0 spiro atoms. The molecule has 0 unspecified atom stereocenters. The van der Waals surface area contributed by atoms with Crippen molar-refractivity contribution in [1.82, 2.24) is 9.78 Å². The molecule has 112 valence electrons. The fourth-order valence-corrected chi connectivity index (χ4v) is 1.93. The van der Waals surface area contributed by atoms with Gasteiger partial charge in [0.25, 0.3) is 5.56 Å². The van der Waals surface area contributed by atoms with E-state index in [2.05, 4.69) is 5.10 Å². The maximum Gasteiger partial charge on any atom is 0.416 e. The zero-order valence-corrected chi connectivity index (χ0v) is 11.5. The lowest BCUT2D eigenvalue weighted by Gasteiger charge is -2.14. The lowest BCUT2D eigenvalue weighted by Crippen LogP contribution is -2.30. The number of hydrazine groups is 1. The number of anilines is 1. The highest BCUT2D eigenvalue weighted by Crippen LogP contribution is 2.30. The molecule has 0 aliphatic carbocycles. The van der Waals surface area contributed by atoms with Crippen LogP contribution in [0, 0.1) is 0 Å².